The number of amides is 1. The van der Waals surface area contributed by atoms with Crippen molar-refractivity contribution in [3.8, 4) is 33.8 Å². The summed E-state index contributed by atoms with van der Waals surface area (Å²) < 4.78 is 14.7. The lowest BCUT2D eigenvalue weighted by atomic mass is 9.95. The molecule has 6 rings (SSSR count). The lowest BCUT2D eigenvalue weighted by Gasteiger charge is -2.17. The van der Waals surface area contributed by atoms with E-state index in [1.165, 1.54) is 6.07 Å². The molecule has 44 heavy (non-hydrogen) atoms. The van der Waals surface area contributed by atoms with E-state index in [2.05, 4.69) is 35.7 Å². The van der Waals surface area contributed by atoms with Crippen LogP contribution in [0.15, 0.2) is 73.1 Å². The van der Waals surface area contributed by atoms with E-state index < -0.39 is 5.41 Å². The highest BCUT2D eigenvalue weighted by Gasteiger charge is 2.22. The first-order valence-corrected chi connectivity index (χ1v) is 14.5. The number of anilines is 2. The fraction of sp³-hybridized carbons (Fsp3) is 0.235. The number of fused-ring (bicyclic) bond motifs is 2. The van der Waals surface area contributed by atoms with Crippen molar-refractivity contribution in [1.29, 1.82) is 0 Å². The number of halogens is 1. The molecule has 0 fully saturated rings. The zero-order valence-corrected chi connectivity index (χ0v) is 25.4. The summed E-state index contributed by atoms with van der Waals surface area (Å²) in [6.45, 7) is 7.14. The minimum atomic E-state index is -0.530. The summed E-state index contributed by atoms with van der Waals surface area (Å²) in [6.07, 6.45) is 3.34. The maximum absolute atomic E-state index is 14.7. The van der Waals surface area contributed by atoms with Crippen molar-refractivity contribution in [2.45, 2.75) is 20.8 Å². The van der Waals surface area contributed by atoms with Crippen molar-refractivity contribution in [3.05, 3.63) is 78.9 Å². The van der Waals surface area contributed by atoms with Crippen LogP contribution in [0.25, 0.3) is 55.7 Å². The standard InChI is InChI=1S/C34H35FN8O/c1-34(2,3)33(44)38-24-15-21(18-36-19-24)27-9-10-29-31(40-27)32(42-41-29)30-17-26-25(7-6-8-28(26)39-30)20-13-22(35)16-23(14-20)37-11-12-43(4)5/h6-10,13-19,37,39H,11-12H2,1-5H3,(H,38,44)(H,41,42). The average Bonchev–Trinajstić information content (AvgIpc) is 3.60. The summed E-state index contributed by atoms with van der Waals surface area (Å²) in [7, 11) is 4.01. The van der Waals surface area contributed by atoms with E-state index in [0.717, 1.165) is 51.0 Å². The minimum absolute atomic E-state index is 0.0924. The second kappa shape index (κ2) is 11.5. The van der Waals surface area contributed by atoms with Gasteiger partial charge in [0.1, 0.15) is 17.0 Å². The Labute approximate surface area is 254 Å². The Balaban J connectivity index is 1.35. The molecule has 0 saturated carbocycles. The number of hydrogen-bond acceptors (Lipinski definition) is 6. The summed E-state index contributed by atoms with van der Waals surface area (Å²) in [6, 6.07) is 18.7. The molecule has 0 spiro atoms. The zero-order chi connectivity index (χ0) is 31.0. The molecule has 9 nitrogen and oxygen atoms in total. The fourth-order valence-electron chi connectivity index (χ4n) is 5.02. The van der Waals surface area contributed by atoms with E-state index in [1.807, 2.05) is 83.4 Å². The van der Waals surface area contributed by atoms with Gasteiger partial charge >= 0.3 is 0 Å². The van der Waals surface area contributed by atoms with Gasteiger partial charge in [0.25, 0.3) is 0 Å². The molecule has 0 aliphatic heterocycles. The summed E-state index contributed by atoms with van der Waals surface area (Å²) in [5.74, 6) is -0.389. The molecular weight excluding hydrogens is 555 g/mol. The first-order chi connectivity index (χ1) is 21.0. The molecule has 4 aromatic heterocycles. The zero-order valence-electron chi connectivity index (χ0n) is 25.4. The second-order valence-corrected chi connectivity index (χ2v) is 12.2. The molecule has 0 atom stereocenters. The first kappa shape index (κ1) is 29.0. The van der Waals surface area contributed by atoms with Crippen LogP contribution in [-0.4, -0.2) is 63.1 Å². The number of nitrogens with zero attached hydrogens (tertiary/aromatic N) is 4. The summed E-state index contributed by atoms with van der Waals surface area (Å²) >= 11 is 0. The predicted molar refractivity (Wildman–Crippen MR) is 175 cm³/mol. The lowest BCUT2D eigenvalue weighted by molar-refractivity contribution is -0.123. The average molecular weight is 591 g/mol. The number of pyridine rings is 2. The molecule has 4 N–H and O–H groups in total. The molecule has 0 saturated heterocycles. The van der Waals surface area contributed by atoms with E-state index in [1.54, 1.807) is 18.5 Å². The van der Waals surface area contributed by atoms with Gasteiger partial charge in [0.15, 0.2) is 0 Å². The molecule has 6 aromatic rings. The number of carbonyl (C=O) groups is 1. The highest BCUT2D eigenvalue weighted by Crippen LogP contribution is 2.35. The second-order valence-electron chi connectivity index (χ2n) is 12.2. The van der Waals surface area contributed by atoms with Crippen LogP contribution in [0.1, 0.15) is 20.8 Å². The normalized spacial score (nSPS) is 11.9. The number of aromatic amines is 2. The molecule has 0 aliphatic rings. The van der Waals surface area contributed by atoms with Gasteiger partial charge in [0, 0.05) is 46.9 Å². The summed E-state index contributed by atoms with van der Waals surface area (Å²) in [4.78, 5) is 27.3. The maximum Gasteiger partial charge on any atom is 0.229 e. The minimum Gasteiger partial charge on any atom is -0.384 e. The molecule has 0 radical (unpaired) electrons. The summed E-state index contributed by atoms with van der Waals surface area (Å²) in [5, 5.41) is 14.9. The molecule has 4 heterocycles. The van der Waals surface area contributed by atoms with E-state index in [4.69, 9.17) is 4.98 Å². The van der Waals surface area contributed by atoms with E-state index in [-0.39, 0.29) is 11.7 Å². The van der Waals surface area contributed by atoms with Gasteiger partial charge in [-0.05, 0) is 73.8 Å². The van der Waals surface area contributed by atoms with E-state index >= 15 is 0 Å². The van der Waals surface area contributed by atoms with Crippen LogP contribution in [0.4, 0.5) is 15.8 Å². The van der Waals surface area contributed by atoms with Gasteiger partial charge in [-0.15, -0.1) is 0 Å². The Hall–Kier alpha value is -5.09. The van der Waals surface area contributed by atoms with E-state index in [9.17, 15) is 9.18 Å². The first-order valence-electron chi connectivity index (χ1n) is 14.5. The van der Waals surface area contributed by atoms with Crippen LogP contribution in [0, 0.1) is 11.2 Å². The smallest absolute Gasteiger partial charge is 0.229 e. The van der Waals surface area contributed by atoms with Gasteiger partial charge in [-0.25, -0.2) is 9.37 Å². The molecule has 0 aliphatic carbocycles. The number of likely N-dealkylation sites (N-methyl/N-ethyl adjacent to an activating group) is 1. The van der Waals surface area contributed by atoms with Crippen molar-refractivity contribution in [3.63, 3.8) is 0 Å². The van der Waals surface area contributed by atoms with Gasteiger partial charge in [0.05, 0.1) is 28.8 Å². The van der Waals surface area contributed by atoms with Gasteiger partial charge in [0.2, 0.25) is 5.91 Å². The van der Waals surface area contributed by atoms with Crippen LogP contribution in [0.3, 0.4) is 0 Å². The van der Waals surface area contributed by atoms with Gasteiger partial charge in [-0.3, -0.25) is 14.9 Å². The monoisotopic (exact) mass is 590 g/mol. The Kier molecular flexibility index (Phi) is 7.60. The van der Waals surface area contributed by atoms with Gasteiger partial charge in [-0.2, -0.15) is 5.10 Å². The van der Waals surface area contributed by atoms with Gasteiger partial charge in [-0.1, -0.05) is 32.9 Å². The van der Waals surface area contributed by atoms with Crippen molar-refractivity contribution >= 4 is 39.2 Å². The van der Waals surface area contributed by atoms with Crippen molar-refractivity contribution in [2.75, 3.05) is 37.8 Å². The highest BCUT2D eigenvalue weighted by atomic mass is 19.1. The van der Waals surface area contributed by atoms with Crippen LogP contribution in [0.2, 0.25) is 0 Å². The maximum atomic E-state index is 14.7. The van der Waals surface area contributed by atoms with Crippen LogP contribution >= 0.6 is 0 Å². The number of carbonyl (C=O) groups excluding carboxylic acids is 1. The highest BCUT2D eigenvalue weighted by molar-refractivity contribution is 6.01. The Morgan fingerprint density at radius 3 is 2.57 bits per heavy atom. The van der Waals surface area contributed by atoms with Crippen LogP contribution < -0.4 is 10.6 Å². The Morgan fingerprint density at radius 2 is 1.77 bits per heavy atom. The predicted octanol–water partition coefficient (Wildman–Crippen LogP) is 6.93. The van der Waals surface area contributed by atoms with Gasteiger partial charge < -0.3 is 20.5 Å². The largest absolute Gasteiger partial charge is 0.384 e. The number of hydrogen-bond donors (Lipinski definition) is 4. The van der Waals surface area contributed by atoms with E-state index in [0.29, 0.717) is 29.1 Å². The molecule has 10 heteroatoms. The third-order valence-electron chi connectivity index (χ3n) is 7.40. The molecule has 2 aromatic carbocycles. The number of rotatable bonds is 8. The number of benzene rings is 2. The molecule has 224 valence electrons. The lowest BCUT2D eigenvalue weighted by Crippen LogP contribution is -2.27. The molecular formula is C34H35FN8O. The number of aromatic nitrogens is 5. The third kappa shape index (κ3) is 6.02. The topological polar surface area (TPSA) is 115 Å². The van der Waals surface area contributed by atoms with Crippen molar-refractivity contribution in [2.24, 2.45) is 5.41 Å². The quantitative estimate of drug-likeness (QED) is 0.153. The van der Waals surface area contributed by atoms with Crippen LogP contribution in [-0.2, 0) is 4.79 Å². The Bertz CT molecular complexity index is 1990. The fourth-order valence-corrected chi connectivity index (χ4v) is 5.02. The molecule has 1 amide bonds. The summed E-state index contributed by atoms with van der Waals surface area (Å²) in [5.41, 5.74) is 7.81. The van der Waals surface area contributed by atoms with Crippen LogP contribution in [0.5, 0.6) is 0 Å². The van der Waals surface area contributed by atoms with Crippen molar-refractivity contribution in [1.82, 2.24) is 30.0 Å². The van der Waals surface area contributed by atoms with Crippen molar-refractivity contribution < 1.29 is 9.18 Å². The SMILES string of the molecule is CN(C)CCNc1cc(F)cc(-c2cccc3[nH]c(-c4n[nH]c5ccc(-c6cncc(NC(=O)C(C)(C)C)c6)nc45)cc23)c1. The molecule has 0 unspecified atom stereocenters. The Morgan fingerprint density at radius 1 is 0.955 bits per heavy atom. The molecule has 0 bridgehead atoms. The third-order valence-corrected chi connectivity index (χ3v) is 7.40. The number of nitrogens with one attached hydrogen (secondary N) is 4. The number of H-pyrrole nitrogens is 2.